The number of carbonyl (C=O) groups excluding carboxylic acids is 1. The molecule has 5 heteroatoms. The molecule has 0 saturated heterocycles. The quantitative estimate of drug-likeness (QED) is 0.847. The zero-order chi connectivity index (χ0) is 12.0. The first-order valence-electron chi connectivity index (χ1n) is 5.37. The molecule has 0 radical (unpaired) electrons. The number of H-pyrrole nitrogens is 1. The highest BCUT2D eigenvalue weighted by Crippen LogP contribution is 2.34. The minimum atomic E-state index is -0.0161. The Morgan fingerprint density at radius 1 is 1.41 bits per heavy atom. The number of ether oxygens (including phenoxy) is 1. The molecule has 1 amide bonds. The van der Waals surface area contributed by atoms with Gasteiger partial charge in [-0.3, -0.25) is 4.79 Å². The van der Waals surface area contributed by atoms with Crippen LogP contribution in [0.4, 0.5) is 0 Å². The highest BCUT2D eigenvalue weighted by Gasteiger charge is 2.23. The number of aromatic amines is 1. The van der Waals surface area contributed by atoms with Gasteiger partial charge in [-0.1, -0.05) is 15.9 Å². The average molecular weight is 295 g/mol. The molecule has 1 aliphatic heterocycles. The predicted octanol–water partition coefficient (Wildman–Crippen LogP) is 2.22. The molecule has 0 bridgehead atoms. The number of halogens is 1. The molecule has 1 aromatic heterocycles. The van der Waals surface area contributed by atoms with E-state index in [9.17, 15) is 4.79 Å². The zero-order valence-electron chi connectivity index (χ0n) is 9.26. The van der Waals surface area contributed by atoms with E-state index in [1.54, 1.807) is 7.11 Å². The smallest absolute Gasteiger partial charge is 0.253 e. The maximum absolute atomic E-state index is 11.9. The Labute approximate surface area is 106 Å². The molecule has 0 unspecified atom stereocenters. The summed E-state index contributed by atoms with van der Waals surface area (Å²) in [5.41, 5.74) is 2.61. The van der Waals surface area contributed by atoms with E-state index in [1.165, 1.54) is 0 Å². The molecule has 1 aliphatic rings. The van der Waals surface area contributed by atoms with E-state index in [0.29, 0.717) is 6.54 Å². The molecule has 2 aromatic rings. The van der Waals surface area contributed by atoms with Crippen molar-refractivity contribution in [3.63, 3.8) is 0 Å². The summed E-state index contributed by atoms with van der Waals surface area (Å²) in [4.78, 5) is 15.2. The van der Waals surface area contributed by atoms with Crippen LogP contribution in [0.2, 0.25) is 0 Å². The van der Waals surface area contributed by atoms with Crippen LogP contribution in [0.1, 0.15) is 16.1 Å². The fraction of sp³-hybridized carbons (Fsp3) is 0.250. The molecule has 2 heterocycles. The summed E-state index contributed by atoms with van der Waals surface area (Å²) in [5, 5.41) is 3.76. The van der Waals surface area contributed by atoms with Crippen LogP contribution in [0.5, 0.6) is 5.75 Å². The second-order valence-electron chi connectivity index (χ2n) is 4.02. The van der Waals surface area contributed by atoms with Gasteiger partial charge in [-0.2, -0.15) is 0 Å². The Kier molecular flexibility index (Phi) is 2.36. The van der Waals surface area contributed by atoms with E-state index in [1.807, 2.05) is 12.1 Å². The number of hydrogen-bond donors (Lipinski definition) is 2. The summed E-state index contributed by atoms with van der Waals surface area (Å²) in [5.74, 6) is 0.731. The van der Waals surface area contributed by atoms with Gasteiger partial charge < -0.3 is 15.0 Å². The molecule has 0 saturated carbocycles. The van der Waals surface area contributed by atoms with Crippen LogP contribution in [0.15, 0.2) is 16.6 Å². The molecule has 0 atom stereocenters. The first-order valence-corrected chi connectivity index (χ1v) is 6.16. The number of rotatable bonds is 1. The number of aromatic nitrogens is 1. The van der Waals surface area contributed by atoms with Gasteiger partial charge in [0.25, 0.3) is 5.91 Å². The number of fused-ring (bicyclic) bond motifs is 3. The fourth-order valence-corrected chi connectivity index (χ4v) is 2.72. The van der Waals surface area contributed by atoms with Crippen molar-refractivity contribution < 1.29 is 9.53 Å². The van der Waals surface area contributed by atoms with Gasteiger partial charge in [-0.25, -0.2) is 0 Å². The zero-order valence-corrected chi connectivity index (χ0v) is 10.8. The minimum Gasteiger partial charge on any atom is -0.495 e. The third kappa shape index (κ3) is 1.53. The lowest BCUT2D eigenvalue weighted by Crippen LogP contribution is -2.31. The number of amides is 1. The Bertz CT molecular complexity index is 618. The molecule has 1 aromatic carbocycles. The summed E-state index contributed by atoms with van der Waals surface area (Å²) in [7, 11) is 1.63. The number of hydrogen-bond acceptors (Lipinski definition) is 2. The molecule has 3 rings (SSSR count). The molecular weight excluding hydrogens is 284 g/mol. The van der Waals surface area contributed by atoms with Gasteiger partial charge in [0.1, 0.15) is 5.75 Å². The van der Waals surface area contributed by atoms with Crippen molar-refractivity contribution in [3.05, 3.63) is 27.9 Å². The number of methoxy groups -OCH3 is 1. The predicted molar refractivity (Wildman–Crippen MR) is 68.6 cm³/mol. The molecule has 0 aliphatic carbocycles. The van der Waals surface area contributed by atoms with Crippen molar-refractivity contribution in [1.29, 1.82) is 0 Å². The molecule has 88 valence electrons. The topological polar surface area (TPSA) is 54.1 Å². The van der Waals surface area contributed by atoms with Crippen LogP contribution in [-0.4, -0.2) is 24.5 Å². The van der Waals surface area contributed by atoms with Gasteiger partial charge in [0.05, 0.1) is 18.2 Å². The largest absolute Gasteiger partial charge is 0.495 e. The third-order valence-corrected chi connectivity index (χ3v) is 3.48. The van der Waals surface area contributed by atoms with Crippen molar-refractivity contribution in [2.45, 2.75) is 6.42 Å². The second kappa shape index (κ2) is 3.77. The van der Waals surface area contributed by atoms with Crippen LogP contribution < -0.4 is 10.1 Å². The third-order valence-electron chi connectivity index (χ3n) is 3.02. The summed E-state index contributed by atoms with van der Waals surface area (Å²) in [6.07, 6.45) is 0.830. The van der Waals surface area contributed by atoms with E-state index in [2.05, 4.69) is 26.2 Å². The van der Waals surface area contributed by atoms with Gasteiger partial charge in [-0.15, -0.1) is 0 Å². The normalized spacial score (nSPS) is 14.6. The van der Waals surface area contributed by atoms with E-state index in [-0.39, 0.29) is 5.91 Å². The van der Waals surface area contributed by atoms with Crippen molar-refractivity contribution >= 4 is 32.7 Å². The Hall–Kier alpha value is -1.49. The van der Waals surface area contributed by atoms with E-state index in [4.69, 9.17) is 4.74 Å². The molecule has 0 fully saturated rings. The van der Waals surface area contributed by atoms with Crippen LogP contribution in [0, 0.1) is 0 Å². The first-order chi connectivity index (χ1) is 8.20. The van der Waals surface area contributed by atoms with Crippen LogP contribution in [-0.2, 0) is 6.42 Å². The summed E-state index contributed by atoms with van der Waals surface area (Å²) in [6.45, 7) is 0.683. The number of carbonyl (C=O) groups is 1. The van der Waals surface area contributed by atoms with Crippen molar-refractivity contribution in [1.82, 2.24) is 10.3 Å². The van der Waals surface area contributed by atoms with E-state index < -0.39 is 0 Å². The number of nitrogens with one attached hydrogen (secondary N) is 2. The standard InChI is InChI=1S/C12H11BrN2O2/c1-17-9-5-6(13)4-7-10-8(15-11(7)9)2-3-14-12(10)16/h4-5,15H,2-3H2,1H3,(H,14,16). The molecule has 0 spiro atoms. The van der Waals surface area contributed by atoms with Gasteiger partial charge in [0.15, 0.2) is 0 Å². The van der Waals surface area contributed by atoms with Crippen LogP contribution in [0.25, 0.3) is 10.9 Å². The number of benzene rings is 1. The molecule has 4 nitrogen and oxygen atoms in total. The van der Waals surface area contributed by atoms with Crippen molar-refractivity contribution in [3.8, 4) is 5.75 Å². The van der Waals surface area contributed by atoms with Gasteiger partial charge in [0.2, 0.25) is 0 Å². The summed E-state index contributed by atoms with van der Waals surface area (Å²) >= 11 is 3.43. The maximum Gasteiger partial charge on any atom is 0.253 e. The maximum atomic E-state index is 11.9. The van der Waals surface area contributed by atoms with E-state index in [0.717, 1.165) is 38.8 Å². The van der Waals surface area contributed by atoms with Gasteiger partial charge in [0, 0.05) is 28.5 Å². The Balaban J connectivity index is 2.39. The lowest BCUT2D eigenvalue weighted by molar-refractivity contribution is 0.0947. The Morgan fingerprint density at radius 2 is 2.24 bits per heavy atom. The fourth-order valence-electron chi connectivity index (χ4n) is 2.28. The minimum absolute atomic E-state index is 0.0161. The van der Waals surface area contributed by atoms with Gasteiger partial charge >= 0.3 is 0 Å². The van der Waals surface area contributed by atoms with Crippen molar-refractivity contribution in [2.75, 3.05) is 13.7 Å². The van der Waals surface area contributed by atoms with Gasteiger partial charge in [-0.05, 0) is 12.1 Å². The van der Waals surface area contributed by atoms with Crippen molar-refractivity contribution in [2.24, 2.45) is 0 Å². The van der Waals surface area contributed by atoms with Crippen LogP contribution in [0.3, 0.4) is 0 Å². The Morgan fingerprint density at radius 3 is 3.00 bits per heavy atom. The molecule has 17 heavy (non-hydrogen) atoms. The van der Waals surface area contributed by atoms with Crippen LogP contribution >= 0.6 is 15.9 Å². The highest BCUT2D eigenvalue weighted by atomic mass is 79.9. The SMILES string of the molecule is COc1cc(Br)cc2c3c([nH]c12)CCNC3=O. The van der Waals surface area contributed by atoms with E-state index >= 15 is 0 Å². The monoisotopic (exact) mass is 294 g/mol. The first kappa shape index (κ1) is 10.7. The highest BCUT2D eigenvalue weighted by molar-refractivity contribution is 9.10. The average Bonchev–Trinajstić information content (AvgIpc) is 2.67. The second-order valence-corrected chi connectivity index (χ2v) is 4.93. The summed E-state index contributed by atoms with van der Waals surface area (Å²) < 4.78 is 6.23. The molecule has 2 N–H and O–H groups in total. The summed E-state index contributed by atoms with van der Waals surface area (Å²) in [6, 6.07) is 3.83. The lowest BCUT2D eigenvalue weighted by atomic mass is 10.1. The molecular formula is C12H11BrN2O2. The lowest BCUT2D eigenvalue weighted by Gasteiger charge is -2.11.